The molecule has 1 aromatic heterocycles. The SMILES string of the molecule is CCOC(c1noc(CC(N)c2ccccc2)n1)C1CC1. The maximum atomic E-state index is 6.18. The Balaban J connectivity index is 1.67. The third kappa shape index (κ3) is 3.49. The van der Waals surface area contributed by atoms with Crippen LogP contribution in [-0.4, -0.2) is 16.7 Å². The van der Waals surface area contributed by atoms with Crippen molar-refractivity contribution >= 4 is 0 Å². The molecule has 0 aliphatic heterocycles. The number of benzene rings is 1. The molecule has 1 heterocycles. The van der Waals surface area contributed by atoms with Gasteiger partial charge in [0, 0.05) is 19.1 Å². The van der Waals surface area contributed by atoms with Gasteiger partial charge in [0.05, 0.1) is 0 Å². The minimum Gasteiger partial charge on any atom is -0.370 e. The smallest absolute Gasteiger partial charge is 0.228 e. The summed E-state index contributed by atoms with van der Waals surface area (Å²) >= 11 is 0. The van der Waals surface area contributed by atoms with Crippen LogP contribution in [0, 0.1) is 5.92 Å². The number of hydrogen-bond acceptors (Lipinski definition) is 5. The highest BCUT2D eigenvalue weighted by atomic mass is 16.5. The van der Waals surface area contributed by atoms with E-state index in [0.717, 1.165) is 5.56 Å². The molecule has 0 bridgehead atoms. The summed E-state index contributed by atoms with van der Waals surface area (Å²) in [5, 5.41) is 4.08. The second-order valence-electron chi connectivity index (χ2n) is 5.48. The first-order valence-corrected chi connectivity index (χ1v) is 7.52. The second-order valence-corrected chi connectivity index (χ2v) is 5.48. The third-order valence-corrected chi connectivity index (χ3v) is 3.76. The minimum atomic E-state index is -0.133. The summed E-state index contributed by atoms with van der Waals surface area (Å²) in [6.45, 7) is 2.65. The van der Waals surface area contributed by atoms with E-state index >= 15 is 0 Å². The van der Waals surface area contributed by atoms with Crippen molar-refractivity contribution < 1.29 is 9.26 Å². The number of aromatic nitrogens is 2. The van der Waals surface area contributed by atoms with Gasteiger partial charge in [-0.2, -0.15) is 4.98 Å². The molecular weight excluding hydrogens is 266 g/mol. The Labute approximate surface area is 124 Å². The Kier molecular flexibility index (Phi) is 4.31. The second kappa shape index (κ2) is 6.37. The van der Waals surface area contributed by atoms with Crippen molar-refractivity contribution in [2.75, 3.05) is 6.61 Å². The average Bonchev–Trinajstić information content (AvgIpc) is 3.25. The molecule has 112 valence electrons. The van der Waals surface area contributed by atoms with Gasteiger partial charge in [0.2, 0.25) is 11.7 Å². The highest BCUT2D eigenvalue weighted by Gasteiger charge is 2.36. The van der Waals surface area contributed by atoms with Gasteiger partial charge < -0.3 is 15.0 Å². The zero-order valence-electron chi connectivity index (χ0n) is 12.2. The zero-order chi connectivity index (χ0) is 14.7. The number of nitrogens with two attached hydrogens (primary N) is 1. The molecule has 0 spiro atoms. The fourth-order valence-corrected chi connectivity index (χ4v) is 2.47. The summed E-state index contributed by atoms with van der Waals surface area (Å²) in [6, 6.07) is 9.82. The van der Waals surface area contributed by atoms with Crippen LogP contribution in [0.4, 0.5) is 0 Å². The molecule has 1 saturated carbocycles. The van der Waals surface area contributed by atoms with Crippen molar-refractivity contribution in [3.63, 3.8) is 0 Å². The van der Waals surface area contributed by atoms with Crippen molar-refractivity contribution in [1.82, 2.24) is 10.1 Å². The summed E-state index contributed by atoms with van der Waals surface area (Å²) in [6.07, 6.45) is 2.87. The topological polar surface area (TPSA) is 74.2 Å². The van der Waals surface area contributed by atoms with E-state index in [0.29, 0.717) is 30.7 Å². The van der Waals surface area contributed by atoms with Gasteiger partial charge in [-0.05, 0) is 31.2 Å². The normalized spacial score (nSPS) is 17.6. The standard InChI is InChI=1S/C16H21N3O2/c1-2-20-15(12-8-9-12)16-18-14(21-19-16)10-13(17)11-6-4-3-5-7-11/h3-7,12-13,15H,2,8-10,17H2,1H3. The van der Waals surface area contributed by atoms with Crippen molar-refractivity contribution in [3.8, 4) is 0 Å². The lowest BCUT2D eigenvalue weighted by molar-refractivity contribution is 0.0384. The molecule has 1 aliphatic rings. The van der Waals surface area contributed by atoms with E-state index in [1.54, 1.807) is 0 Å². The maximum Gasteiger partial charge on any atom is 0.228 e. The number of ether oxygens (including phenoxy) is 1. The van der Waals surface area contributed by atoms with E-state index in [9.17, 15) is 0 Å². The molecule has 2 N–H and O–H groups in total. The van der Waals surface area contributed by atoms with E-state index in [1.165, 1.54) is 12.8 Å². The van der Waals surface area contributed by atoms with Crippen LogP contribution in [0.5, 0.6) is 0 Å². The average molecular weight is 287 g/mol. The van der Waals surface area contributed by atoms with Crippen LogP contribution in [0.3, 0.4) is 0 Å². The van der Waals surface area contributed by atoms with E-state index < -0.39 is 0 Å². The molecule has 5 nitrogen and oxygen atoms in total. The number of hydrogen-bond donors (Lipinski definition) is 1. The monoisotopic (exact) mass is 287 g/mol. The van der Waals surface area contributed by atoms with Gasteiger partial charge in [-0.25, -0.2) is 0 Å². The lowest BCUT2D eigenvalue weighted by atomic mass is 10.1. The van der Waals surface area contributed by atoms with Gasteiger partial charge in [-0.1, -0.05) is 35.5 Å². The molecule has 21 heavy (non-hydrogen) atoms. The lowest BCUT2D eigenvalue weighted by Crippen LogP contribution is -2.13. The number of rotatable bonds is 7. The van der Waals surface area contributed by atoms with Crippen molar-refractivity contribution in [2.24, 2.45) is 11.7 Å². The largest absolute Gasteiger partial charge is 0.370 e. The highest BCUT2D eigenvalue weighted by molar-refractivity contribution is 5.19. The predicted octanol–water partition coefficient (Wildman–Crippen LogP) is 2.80. The van der Waals surface area contributed by atoms with Crippen LogP contribution >= 0.6 is 0 Å². The van der Waals surface area contributed by atoms with Gasteiger partial charge in [-0.3, -0.25) is 0 Å². The van der Waals surface area contributed by atoms with Crippen molar-refractivity contribution in [1.29, 1.82) is 0 Å². The van der Waals surface area contributed by atoms with Gasteiger partial charge in [0.1, 0.15) is 6.10 Å². The van der Waals surface area contributed by atoms with E-state index in [-0.39, 0.29) is 12.1 Å². The third-order valence-electron chi connectivity index (χ3n) is 3.76. The van der Waals surface area contributed by atoms with Crippen LogP contribution in [0.15, 0.2) is 34.9 Å². The Morgan fingerprint density at radius 1 is 1.33 bits per heavy atom. The van der Waals surface area contributed by atoms with Crippen molar-refractivity contribution in [2.45, 2.75) is 38.3 Å². The molecule has 1 aliphatic carbocycles. The molecule has 2 unspecified atom stereocenters. The molecular formula is C16H21N3O2. The van der Waals surface area contributed by atoms with Crippen LogP contribution in [0.1, 0.15) is 49.2 Å². The Morgan fingerprint density at radius 2 is 2.10 bits per heavy atom. The molecule has 3 rings (SSSR count). The van der Waals surface area contributed by atoms with E-state index in [2.05, 4.69) is 10.1 Å². The maximum absolute atomic E-state index is 6.18. The predicted molar refractivity (Wildman–Crippen MR) is 78.5 cm³/mol. The molecule has 2 atom stereocenters. The van der Waals surface area contributed by atoms with Crippen LogP contribution in [0.2, 0.25) is 0 Å². The van der Waals surface area contributed by atoms with Gasteiger partial charge in [0.15, 0.2) is 0 Å². The fourth-order valence-electron chi connectivity index (χ4n) is 2.47. The van der Waals surface area contributed by atoms with Gasteiger partial charge in [-0.15, -0.1) is 0 Å². The highest BCUT2D eigenvalue weighted by Crippen LogP contribution is 2.42. The summed E-state index contributed by atoms with van der Waals surface area (Å²) in [7, 11) is 0. The summed E-state index contributed by atoms with van der Waals surface area (Å²) in [5.41, 5.74) is 7.25. The molecule has 1 fully saturated rings. The van der Waals surface area contributed by atoms with Gasteiger partial charge >= 0.3 is 0 Å². The minimum absolute atomic E-state index is 0.0274. The summed E-state index contributed by atoms with van der Waals surface area (Å²) in [5.74, 6) is 1.78. The van der Waals surface area contributed by atoms with E-state index in [4.69, 9.17) is 15.0 Å². The first kappa shape index (κ1) is 14.2. The Bertz CT molecular complexity index is 566. The van der Waals surface area contributed by atoms with Crippen LogP contribution in [-0.2, 0) is 11.2 Å². The molecule has 5 heteroatoms. The summed E-state index contributed by atoms with van der Waals surface area (Å²) in [4.78, 5) is 4.47. The number of nitrogens with zero attached hydrogens (tertiary/aromatic N) is 2. The lowest BCUT2D eigenvalue weighted by Gasteiger charge is -2.11. The Morgan fingerprint density at radius 3 is 2.76 bits per heavy atom. The van der Waals surface area contributed by atoms with Crippen LogP contribution in [0.25, 0.3) is 0 Å². The molecule has 0 saturated heterocycles. The first-order chi connectivity index (χ1) is 10.3. The molecule has 0 radical (unpaired) electrons. The van der Waals surface area contributed by atoms with Crippen LogP contribution < -0.4 is 5.73 Å². The van der Waals surface area contributed by atoms with Crippen molar-refractivity contribution in [3.05, 3.63) is 47.6 Å². The van der Waals surface area contributed by atoms with Gasteiger partial charge in [0.25, 0.3) is 0 Å². The molecule has 1 aromatic carbocycles. The molecule has 2 aromatic rings. The fraction of sp³-hybridized carbons (Fsp3) is 0.500. The summed E-state index contributed by atoms with van der Waals surface area (Å²) < 4.78 is 11.1. The van der Waals surface area contributed by atoms with E-state index in [1.807, 2.05) is 37.3 Å². The first-order valence-electron chi connectivity index (χ1n) is 7.52. The molecule has 0 amide bonds. The quantitative estimate of drug-likeness (QED) is 0.847. The Hall–Kier alpha value is -1.72. The zero-order valence-corrected chi connectivity index (χ0v) is 12.2.